The normalized spacial score (nSPS) is 15.0. The fraction of sp³-hybridized carbons (Fsp3) is 0.0769. The average molecular weight is 346 g/mol. The highest BCUT2D eigenvalue weighted by Gasteiger charge is 2.30. The maximum absolute atomic E-state index is 12.0. The van der Waals surface area contributed by atoms with Gasteiger partial charge in [0.25, 0.3) is 5.56 Å². The molecule has 0 radical (unpaired) electrons. The highest BCUT2D eigenvalue weighted by molar-refractivity contribution is 6.31. The molecule has 0 fully saturated rings. The molecular formula is C13H11Cl3N4O. The summed E-state index contributed by atoms with van der Waals surface area (Å²) >= 11 is 6.02. The van der Waals surface area contributed by atoms with Gasteiger partial charge in [-0.25, -0.2) is 4.98 Å². The number of nitrogens with two attached hydrogens (primary N) is 1. The molecule has 3 aromatic rings. The van der Waals surface area contributed by atoms with E-state index in [2.05, 4.69) is 9.97 Å². The number of benzene rings is 1. The molecule has 1 aromatic carbocycles. The van der Waals surface area contributed by atoms with E-state index in [-0.39, 0.29) is 36.4 Å². The van der Waals surface area contributed by atoms with Gasteiger partial charge in [0, 0.05) is 23.0 Å². The second-order valence-corrected chi connectivity index (χ2v) is 4.98. The van der Waals surface area contributed by atoms with E-state index in [1.807, 2.05) is 12.1 Å². The Labute approximate surface area is 137 Å². The van der Waals surface area contributed by atoms with Crippen LogP contribution in [0.25, 0.3) is 16.9 Å². The molecule has 1 aliphatic carbocycles. The number of rotatable bonds is 0. The Kier molecular flexibility index (Phi) is 4.04. The minimum absolute atomic E-state index is 0. The first kappa shape index (κ1) is 15.9. The third kappa shape index (κ3) is 2.05. The van der Waals surface area contributed by atoms with Crippen molar-refractivity contribution in [2.75, 3.05) is 0 Å². The van der Waals surface area contributed by atoms with Crippen LogP contribution in [0.2, 0.25) is 5.02 Å². The lowest BCUT2D eigenvalue weighted by Gasteiger charge is -2.08. The van der Waals surface area contributed by atoms with Gasteiger partial charge in [0.15, 0.2) is 0 Å². The lowest BCUT2D eigenvalue weighted by Crippen LogP contribution is -2.18. The minimum atomic E-state index is -0.296. The monoisotopic (exact) mass is 344 g/mol. The Hall–Kier alpha value is -1.53. The number of aromatic nitrogens is 3. The summed E-state index contributed by atoms with van der Waals surface area (Å²) in [6.07, 6.45) is 3.34. The molecule has 21 heavy (non-hydrogen) atoms. The number of H-pyrrole nitrogens is 1. The summed E-state index contributed by atoms with van der Waals surface area (Å²) in [6.45, 7) is 0. The van der Waals surface area contributed by atoms with E-state index in [9.17, 15) is 4.79 Å². The van der Waals surface area contributed by atoms with Crippen molar-refractivity contribution in [3.63, 3.8) is 0 Å². The Morgan fingerprint density at radius 1 is 1.33 bits per heavy atom. The van der Waals surface area contributed by atoms with Crippen LogP contribution in [0, 0.1) is 0 Å². The molecule has 0 amide bonds. The molecule has 8 heteroatoms. The molecule has 0 aliphatic heterocycles. The molecule has 2 aromatic heterocycles. The van der Waals surface area contributed by atoms with Crippen LogP contribution < -0.4 is 11.3 Å². The van der Waals surface area contributed by atoms with Gasteiger partial charge < -0.3 is 10.7 Å². The van der Waals surface area contributed by atoms with Gasteiger partial charge >= 0.3 is 0 Å². The molecule has 3 N–H and O–H groups in total. The van der Waals surface area contributed by atoms with E-state index in [0.29, 0.717) is 10.7 Å². The van der Waals surface area contributed by atoms with Gasteiger partial charge in [-0.15, -0.1) is 24.8 Å². The number of nitrogens with zero attached hydrogens (tertiary/aromatic N) is 2. The fourth-order valence-electron chi connectivity index (χ4n) is 2.69. The molecule has 110 valence electrons. The summed E-state index contributed by atoms with van der Waals surface area (Å²) in [6, 6.07) is 5.22. The van der Waals surface area contributed by atoms with Gasteiger partial charge in [0.05, 0.1) is 17.4 Å². The van der Waals surface area contributed by atoms with Crippen LogP contribution in [0.4, 0.5) is 0 Å². The maximum atomic E-state index is 12.0. The van der Waals surface area contributed by atoms with Crippen LogP contribution in [-0.2, 0) is 0 Å². The zero-order valence-corrected chi connectivity index (χ0v) is 12.9. The summed E-state index contributed by atoms with van der Waals surface area (Å²) < 4.78 is 1.74. The number of aromatic amines is 1. The Morgan fingerprint density at radius 2 is 2.10 bits per heavy atom. The van der Waals surface area contributed by atoms with Gasteiger partial charge in [-0.2, -0.15) is 0 Å². The lowest BCUT2D eigenvalue weighted by atomic mass is 10.1. The van der Waals surface area contributed by atoms with Crippen molar-refractivity contribution in [1.82, 2.24) is 14.4 Å². The summed E-state index contributed by atoms with van der Waals surface area (Å²) in [5, 5.41) is 0.616. The molecule has 1 aliphatic rings. The van der Waals surface area contributed by atoms with E-state index in [0.717, 1.165) is 22.5 Å². The predicted octanol–water partition coefficient (Wildman–Crippen LogP) is 2.55. The third-order valence-corrected chi connectivity index (χ3v) is 3.75. The number of hydrogen-bond acceptors (Lipinski definition) is 3. The van der Waals surface area contributed by atoms with Crippen molar-refractivity contribution >= 4 is 42.1 Å². The zero-order chi connectivity index (χ0) is 13.1. The summed E-state index contributed by atoms with van der Waals surface area (Å²) in [7, 11) is 0. The van der Waals surface area contributed by atoms with Gasteiger partial charge in [0.2, 0.25) is 5.65 Å². The topological polar surface area (TPSA) is 76.2 Å². The first-order chi connectivity index (χ1) is 9.16. The van der Waals surface area contributed by atoms with Gasteiger partial charge in [-0.1, -0.05) is 17.7 Å². The quantitative estimate of drug-likeness (QED) is 0.657. The van der Waals surface area contributed by atoms with Crippen LogP contribution in [0.3, 0.4) is 0 Å². The molecule has 0 spiro atoms. The molecule has 0 bridgehead atoms. The highest BCUT2D eigenvalue weighted by Crippen LogP contribution is 2.41. The first-order valence-electron chi connectivity index (χ1n) is 5.81. The minimum Gasteiger partial charge on any atom is -0.319 e. The maximum Gasteiger partial charge on any atom is 0.292 e. The van der Waals surface area contributed by atoms with Crippen molar-refractivity contribution < 1.29 is 0 Å². The molecule has 2 heterocycles. The van der Waals surface area contributed by atoms with E-state index in [1.165, 1.54) is 0 Å². The van der Waals surface area contributed by atoms with Gasteiger partial charge in [-0.3, -0.25) is 9.20 Å². The van der Waals surface area contributed by atoms with Crippen LogP contribution in [-0.4, -0.2) is 14.4 Å². The van der Waals surface area contributed by atoms with E-state index < -0.39 is 0 Å². The Bertz CT molecular complexity index is 887. The van der Waals surface area contributed by atoms with Crippen LogP contribution >= 0.6 is 36.4 Å². The summed E-state index contributed by atoms with van der Waals surface area (Å²) in [5.41, 5.74) is 9.78. The predicted molar refractivity (Wildman–Crippen MR) is 86.8 cm³/mol. The zero-order valence-electron chi connectivity index (χ0n) is 10.5. The summed E-state index contributed by atoms with van der Waals surface area (Å²) in [4.78, 5) is 18.9. The Morgan fingerprint density at radius 3 is 2.86 bits per heavy atom. The van der Waals surface area contributed by atoms with Crippen molar-refractivity contribution in [2.24, 2.45) is 5.73 Å². The molecular weight excluding hydrogens is 335 g/mol. The number of fused-ring (bicyclic) bond motifs is 5. The first-order valence-corrected chi connectivity index (χ1v) is 6.19. The second kappa shape index (κ2) is 5.35. The molecule has 5 nitrogen and oxygen atoms in total. The number of imidazole rings is 1. The molecule has 0 saturated heterocycles. The molecule has 4 rings (SSSR count). The SMILES string of the molecule is Cl.Cl.NC1c2ccc(Cl)cc2-c2[nH]c(=O)c3nccn3c21. The largest absolute Gasteiger partial charge is 0.319 e. The van der Waals surface area contributed by atoms with Crippen molar-refractivity contribution in [2.45, 2.75) is 6.04 Å². The Balaban J connectivity index is 0.000000807. The molecule has 1 atom stereocenters. The smallest absolute Gasteiger partial charge is 0.292 e. The number of halogens is 3. The highest BCUT2D eigenvalue weighted by atomic mass is 35.5. The average Bonchev–Trinajstić information content (AvgIpc) is 2.95. The van der Waals surface area contributed by atoms with E-state index in [1.54, 1.807) is 22.9 Å². The van der Waals surface area contributed by atoms with Gasteiger partial charge in [0.1, 0.15) is 0 Å². The summed E-state index contributed by atoms with van der Waals surface area (Å²) in [5.74, 6) is 0. The van der Waals surface area contributed by atoms with E-state index >= 15 is 0 Å². The van der Waals surface area contributed by atoms with Crippen molar-refractivity contribution in [3.05, 3.63) is 57.2 Å². The van der Waals surface area contributed by atoms with Crippen LogP contribution in [0.15, 0.2) is 35.4 Å². The molecule has 0 saturated carbocycles. The standard InChI is InChI=1S/C13H9ClN4O.2ClH/c14-6-1-2-7-8(5-6)10-11(9(7)15)18-4-3-16-12(18)13(19)17-10;;/h1-5,9H,15H2,(H,17,19);2*1H. The number of nitrogens with one attached hydrogen (secondary N) is 1. The van der Waals surface area contributed by atoms with Crippen molar-refractivity contribution in [3.8, 4) is 11.3 Å². The van der Waals surface area contributed by atoms with E-state index in [4.69, 9.17) is 17.3 Å². The van der Waals surface area contributed by atoms with Crippen LogP contribution in [0.5, 0.6) is 0 Å². The third-order valence-electron chi connectivity index (χ3n) is 3.51. The van der Waals surface area contributed by atoms with Gasteiger partial charge in [-0.05, 0) is 17.7 Å². The van der Waals surface area contributed by atoms with Crippen LogP contribution in [0.1, 0.15) is 17.3 Å². The van der Waals surface area contributed by atoms with Crippen molar-refractivity contribution in [1.29, 1.82) is 0 Å². The molecule has 1 unspecified atom stereocenters. The number of hydrogen-bond donors (Lipinski definition) is 2. The second-order valence-electron chi connectivity index (χ2n) is 4.54. The lowest BCUT2D eigenvalue weighted by molar-refractivity contribution is 0.826. The fourth-order valence-corrected chi connectivity index (χ4v) is 2.87.